The number of nitrogens with one attached hydrogen (secondary N) is 1. The second-order valence-corrected chi connectivity index (χ2v) is 3.30. The summed E-state index contributed by atoms with van der Waals surface area (Å²) in [5.74, 6) is -4.04. The monoisotopic (exact) mass is 225 g/mol. The van der Waals surface area contributed by atoms with Crippen LogP contribution in [-0.4, -0.2) is 43.3 Å². The highest BCUT2D eigenvalue weighted by Crippen LogP contribution is 2.09. The zero-order valence-corrected chi connectivity index (χ0v) is 8.93. The van der Waals surface area contributed by atoms with E-state index in [1.165, 1.54) is 0 Å². The van der Waals surface area contributed by atoms with Gasteiger partial charge in [-0.15, -0.1) is 0 Å². The van der Waals surface area contributed by atoms with Crippen LogP contribution < -0.4 is 5.32 Å². The van der Waals surface area contributed by atoms with E-state index in [0.29, 0.717) is 0 Å². The van der Waals surface area contributed by atoms with Crippen LogP contribution in [0.1, 0.15) is 13.8 Å². The fourth-order valence-electron chi connectivity index (χ4n) is 0.895. The van der Waals surface area contributed by atoms with Crippen molar-refractivity contribution in [2.45, 2.75) is 19.8 Å². The van der Waals surface area contributed by atoms with E-state index >= 15 is 0 Å². The number of hydrogen-bond donors (Lipinski definition) is 2. The quantitative estimate of drug-likeness (QED) is 0.616. The van der Waals surface area contributed by atoms with Gasteiger partial charge < -0.3 is 15.2 Å². The maximum absolute atomic E-state index is 12.5. The van der Waals surface area contributed by atoms with E-state index in [1.807, 2.05) is 0 Å². The van der Waals surface area contributed by atoms with Crippen LogP contribution in [0.15, 0.2) is 0 Å². The fraction of sp³-hybridized carbons (Fsp3) is 0.889. The van der Waals surface area contributed by atoms with Gasteiger partial charge in [0.2, 0.25) is 0 Å². The molecule has 0 bridgehead atoms. The number of hydrogen-bond acceptors (Lipinski definition) is 4. The lowest BCUT2D eigenvalue weighted by Gasteiger charge is -2.16. The first kappa shape index (κ1) is 14.2. The Hall–Kier alpha value is -0.750. The van der Waals surface area contributed by atoms with E-state index < -0.39 is 31.0 Å². The number of carbonyl (C=O) groups is 1. The standard InChI is InChI=1S/C9H17F2NO3/c1-3-15-8(14)7(2)4-12-5-9(10,11)6-13/h7,12-13H,3-6H2,1-2H3. The number of ether oxygens (including phenoxy) is 1. The summed E-state index contributed by atoms with van der Waals surface area (Å²) in [6, 6.07) is 0. The van der Waals surface area contributed by atoms with E-state index in [1.54, 1.807) is 13.8 Å². The third kappa shape index (κ3) is 6.35. The Bertz CT molecular complexity index is 200. The lowest BCUT2D eigenvalue weighted by molar-refractivity contribution is -0.147. The first-order chi connectivity index (χ1) is 6.93. The predicted molar refractivity (Wildman–Crippen MR) is 50.7 cm³/mol. The van der Waals surface area contributed by atoms with Gasteiger partial charge in [-0.05, 0) is 6.92 Å². The minimum atomic E-state index is -3.14. The molecule has 0 fully saturated rings. The fourth-order valence-corrected chi connectivity index (χ4v) is 0.895. The van der Waals surface area contributed by atoms with Crippen molar-refractivity contribution in [2.75, 3.05) is 26.3 Å². The first-order valence-corrected chi connectivity index (χ1v) is 4.79. The molecule has 0 rings (SSSR count). The van der Waals surface area contributed by atoms with E-state index in [0.717, 1.165) is 0 Å². The van der Waals surface area contributed by atoms with Crippen LogP contribution in [0.2, 0.25) is 0 Å². The van der Waals surface area contributed by atoms with Crippen LogP contribution in [0.5, 0.6) is 0 Å². The molecule has 0 aromatic rings. The molecule has 0 aliphatic heterocycles. The van der Waals surface area contributed by atoms with Gasteiger partial charge in [0, 0.05) is 6.54 Å². The summed E-state index contributed by atoms with van der Waals surface area (Å²) >= 11 is 0. The lowest BCUT2D eigenvalue weighted by Crippen LogP contribution is -2.39. The molecule has 0 aliphatic rings. The Kier molecular flexibility index (Phi) is 6.35. The lowest BCUT2D eigenvalue weighted by atomic mass is 10.2. The van der Waals surface area contributed by atoms with Crippen LogP contribution in [-0.2, 0) is 9.53 Å². The number of rotatable bonds is 7. The Morgan fingerprint density at radius 1 is 1.60 bits per heavy atom. The van der Waals surface area contributed by atoms with Gasteiger partial charge in [-0.1, -0.05) is 6.92 Å². The van der Waals surface area contributed by atoms with Gasteiger partial charge in [-0.3, -0.25) is 4.79 Å². The molecule has 6 heteroatoms. The van der Waals surface area contributed by atoms with Crippen molar-refractivity contribution in [2.24, 2.45) is 5.92 Å². The molecule has 0 spiro atoms. The number of alkyl halides is 2. The predicted octanol–water partition coefficient (Wildman–Crippen LogP) is 0.403. The molecule has 0 amide bonds. The summed E-state index contributed by atoms with van der Waals surface area (Å²) < 4.78 is 29.7. The summed E-state index contributed by atoms with van der Waals surface area (Å²) in [6.07, 6.45) is 0. The highest BCUT2D eigenvalue weighted by molar-refractivity contribution is 5.72. The molecular weight excluding hydrogens is 208 g/mol. The van der Waals surface area contributed by atoms with E-state index in [4.69, 9.17) is 9.84 Å². The highest BCUT2D eigenvalue weighted by atomic mass is 19.3. The number of esters is 1. The Labute approximate surface area is 87.6 Å². The van der Waals surface area contributed by atoms with Crippen molar-refractivity contribution >= 4 is 5.97 Å². The summed E-state index contributed by atoms with van der Waals surface area (Å²) in [7, 11) is 0. The van der Waals surface area contributed by atoms with Gasteiger partial charge in [0.1, 0.15) is 6.61 Å². The zero-order chi connectivity index (χ0) is 11.9. The molecule has 1 unspecified atom stereocenters. The molecule has 0 aliphatic carbocycles. The third-order valence-electron chi connectivity index (χ3n) is 1.75. The highest BCUT2D eigenvalue weighted by Gasteiger charge is 2.27. The van der Waals surface area contributed by atoms with Crippen LogP contribution in [0.3, 0.4) is 0 Å². The molecule has 2 N–H and O–H groups in total. The molecule has 0 heterocycles. The van der Waals surface area contributed by atoms with Gasteiger partial charge in [0.05, 0.1) is 19.1 Å². The summed E-state index contributed by atoms with van der Waals surface area (Å²) in [5.41, 5.74) is 0. The Balaban J connectivity index is 3.72. The number of aliphatic hydroxyl groups excluding tert-OH is 1. The van der Waals surface area contributed by atoms with E-state index in [2.05, 4.69) is 5.32 Å². The molecule has 4 nitrogen and oxygen atoms in total. The van der Waals surface area contributed by atoms with Gasteiger partial charge in [-0.25, -0.2) is 8.78 Å². The normalized spacial score (nSPS) is 13.7. The minimum Gasteiger partial charge on any atom is -0.466 e. The van der Waals surface area contributed by atoms with Gasteiger partial charge >= 0.3 is 5.97 Å². The SMILES string of the molecule is CCOC(=O)C(C)CNCC(F)(F)CO. The van der Waals surface area contributed by atoms with Crippen molar-refractivity contribution < 1.29 is 23.4 Å². The summed E-state index contributed by atoms with van der Waals surface area (Å²) in [5, 5.41) is 10.7. The first-order valence-electron chi connectivity index (χ1n) is 4.79. The average Bonchev–Trinajstić information content (AvgIpc) is 2.18. The molecule has 0 saturated carbocycles. The van der Waals surface area contributed by atoms with Crippen LogP contribution in [0, 0.1) is 5.92 Å². The molecule has 0 radical (unpaired) electrons. The Morgan fingerprint density at radius 3 is 2.67 bits per heavy atom. The second kappa shape index (κ2) is 6.68. The van der Waals surface area contributed by atoms with Gasteiger partial charge in [0.25, 0.3) is 5.92 Å². The summed E-state index contributed by atoms with van der Waals surface area (Å²) in [6.45, 7) is 1.80. The maximum Gasteiger partial charge on any atom is 0.309 e. The largest absolute Gasteiger partial charge is 0.466 e. The molecule has 0 aromatic heterocycles. The Morgan fingerprint density at radius 2 is 2.20 bits per heavy atom. The van der Waals surface area contributed by atoms with Gasteiger partial charge in [0.15, 0.2) is 0 Å². The van der Waals surface area contributed by atoms with Crippen molar-refractivity contribution in [1.82, 2.24) is 5.32 Å². The van der Waals surface area contributed by atoms with Crippen molar-refractivity contribution in [3.63, 3.8) is 0 Å². The third-order valence-corrected chi connectivity index (χ3v) is 1.75. The van der Waals surface area contributed by atoms with E-state index in [9.17, 15) is 13.6 Å². The van der Waals surface area contributed by atoms with E-state index in [-0.39, 0.29) is 13.2 Å². The van der Waals surface area contributed by atoms with Crippen LogP contribution in [0.25, 0.3) is 0 Å². The number of halogens is 2. The zero-order valence-electron chi connectivity index (χ0n) is 8.93. The number of aliphatic hydroxyl groups is 1. The summed E-state index contributed by atoms with van der Waals surface area (Å²) in [4.78, 5) is 11.1. The van der Waals surface area contributed by atoms with Crippen molar-refractivity contribution in [3.8, 4) is 0 Å². The topological polar surface area (TPSA) is 58.6 Å². The van der Waals surface area contributed by atoms with Crippen LogP contribution in [0.4, 0.5) is 8.78 Å². The van der Waals surface area contributed by atoms with Crippen molar-refractivity contribution in [1.29, 1.82) is 0 Å². The van der Waals surface area contributed by atoms with Crippen LogP contribution >= 0.6 is 0 Å². The van der Waals surface area contributed by atoms with Gasteiger partial charge in [-0.2, -0.15) is 0 Å². The molecule has 0 aromatic carbocycles. The molecular formula is C9H17F2NO3. The maximum atomic E-state index is 12.5. The molecule has 15 heavy (non-hydrogen) atoms. The number of carbonyl (C=O) groups excluding carboxylic acids is 1. The molecule has 90 valence electrons. The smallest absolute Gasteiger partial charge is 0.309 e. The second-order valence-electron chi connectivity index (χ2n) is 3.30. The molecule has 0 saturated heterocycles. The molecule has 1 atom stereocenters. The van der Waals surface area contributed by atoms with Crippen molar-refractivity contribution in [3.05, 3.63) is 0 Å². The minimum absolute atomic E-state index is 0.106. The average molecular weight is 225 g/mol.